The molecule has 7 heteroatoms. The highest BCUT2D eigenvalue weighted by Gasteiger charge is 2.16. The van der Waals surface area contributed by atoms with E-state index >= 15 is 0 Å². The molecule has 2 N–H and O–H groups in total. The summed E-state index contributed by atoms with van der Waals surface area (Å²) >= 11 is 6.13. The van der Waals surface area contributed by atoms with Crippen molar-refractivity contribution >= 4 is 38.9 Å². The van der Waals surface area contributed by atoms with Crippen LogP contribution in [0.25, 0.3) is 0 Å². The first-order valence-corrected chi connectivity index (χ1v) is 9.97. The van der Waals surface area contributed by atoms with E-state index in [0.717, 1.165) is 5.56 Å². The minimum atomic E-state index is -3.76. The molecule has 3 aromatic carbocycles. The van der Waals surface area contributed by atoms with Gasteiger partial charge in [-0.3, -0.25) is 9.52 Å². The Balaban J connectivity index is 1.84. The van der Waals surface area contributed by atoms with E-state index in [1.165, 1.54) is 30.3 Å². The quantitative estimate of drug-likeness (QED) is 0.651. The zero-order chi connectivity index (χ0) is 19.4. The van der Waals surface area contributed by atoms with E-state index in [-0.39, 0.29) is 21.2 Å². The van der Waals surface area contributed by atoms with Crippen molar-refractivity contribution in [3.05, 3.63) is 88.9 Å². The standard InChI is InChI=1S/C20H17ClN2O3S/c1-14-7-9-15(10-8-14)22-20(24)18-13-16(11-12-19(18)21)23-27(25,26)17-5-3-2-4-6-17/h2-13,23H,1H3,(H,22,24). The van der Waals surface area contributed by atoms with Gasteiger partial charge in [-0.1, -0.05) is 47.5 Å². The van der Waals surface area contributed by atoms with Crippen molar-refractivity contribution in [1.29, 1.82) is 0 Å². The molecular weight excluding hydrogens is 384 g/mol. The lowest BCUT2D eigenvalue weighted by Gasteiger charge is -2.11. The van der Waals surface area contributed by atoms with E-state index in [0.29, 0.717) is 5.69 Å². The molecule has 0 bridgehead atoms. The predicted molar refractivity (Wildman–Crippen MR) is 108 cm³/mol. The Labute approximate surface area is 163 Å². The highest BCUT2D eigenvalue weighted by molar-refractivity contribution is 7.92. The maximum absolute atomic E-state index is 12.5. The number of hydrogen-bond donors (Lipinski definition) is 2. The first-order valence-electron chi connectivity index (χ1n) is 8.10. The van der Waals surface area contributed by atoms with Crippen LogP contribution in [0.4, 0.5) is 11.4 Å². The molecule has 0 heterocycles. The number of carbonyl (C=O) groups excluding carboxylic acids is 1. The monoisotopic (exact) mass is 400 g/mol. The average molecular weight is 401 g/mol. The van der Waals surface area contributed by atoms with Gasteiger partial charge in [-0.2, -0.15) is 0 Å². The van der Waals surface area contributed by atoms with Crippen LogP contribution in [-0.2, 0) is 10.0 Å². The minimum absolute atomic E-state index is 0.130. The molecule has 0 aliphatic heterocycles. The summed E-state index contributed by atoms with van der Waals surface area (Å²) in [4.78, 5) is 12.7. The van der Waals surface area contributed by atoms with Crippen LogP contribution >= 0.6 is 11.6 Å². The van der Waals surface area contributed by atoms with Crippen LogP contribution in [0.3, 0.4) is 0 Å². The van der Waals surface area contributed by atoms with Gasteiger partial charge in [-0.05, 0) is 49.4 Å². The van der Waals surface area contributed by atoms with Gasteiger partial charge in [0.25, 0.3) is 15.9 Å². The van der Waals surface area contributed by atoms with E-state index < -0.39 is 15.9 Å². The molecule has 0 aliphatic carbocycles. The van der Waals surface area contributed by atoms with Gasteiger partial charge in [-0.25, -0.2) is 8.42 Å². The fourth-order valence-corrected chi connectivity index (χ4v) is 3.69. The largest absolute Gasteiger partial charge is 0.322 e. The Bertz CT molecular complexity index is 1070. The van der Waals surface area contributed by atoms with Crippen LogP contribution in [0.2, 0.25) is 5.02 Å². The van der Waals surface area contributed by atoms with Crippen molar-refractivity contribution in [1.82, 2.24) is 0 Å². The van der Waals surface area contributed by atoms with E-state index in [4.69, 9.17) is 11.6 Å². The summed E-state index contributed by atoms with van der Waals surface area (Å²) in [5.41, 5.74) is 2.11. The number of rotatable bonds is 5. The Hall–Kier alpha value is -2.83. The number of hydrogen-bond acceptors (Lipinski definition) is 3. The fraction of sp³-hybridized carbons (Fsp3) is 0.0500. The molecule has 0 aromatic heterocycles. The highest BCUT2D eigenvalue weighted by atomic mass is 35.5. The van der Waals surface area contributed by atoms with Crippen molar-refractivity contribution < 1.29 is 13.2 Å². The normalized spacial score (nSPS) is 11.0. The molecule has 0 unspecified atom stereocenters. The minimum Gasteiger partial charge on any atom is -0.322 e. The molecule has 0 aliphatic rings. The Morgan fingerprint density at radius 3 is 2.19 bits per heavy atom. The van der Waals surface area contributed by atoms with Crippen molar-refractivity contribution in [2.45, 2.75) is 11.8 Å². The first kappa shape index (κ1) is 18.9. The van der Waals surface area contributed by atoms with Crippen LogP contribution in [0.15, 0.2) is 77.7 Å². The number of halogens is 1. The highest BCUT2D eigenvalue weighted by Crippen LogP contribution is 2.24. The Morgan fingerprint density at radius 2 is 1.52 bits per heavy atom. The van der Waals surface area contributed by atoms with Crippen molar-refractivity contribution in [2.24, 2.45) is 0 Å². The van der Waals surface area contributed by atoms with Crippen LogP contribution in [0.1, 0.15) is 15.9 Å². The summed E-state index contributed by atoms with van der Waals surface area (Å²) in [6.07, 6.45) is 0. The Kier molecular flexibility index (Phi) is 5.48. The second-order valence-electron chi connectivity index (χ2n) is 5.93. The van der Waals surface area contributed by atoms with Crippen LogP contribution < -0.4 is 10.0 Å². The molecule has 1 amide bonds. The molecular formula is C20H17ClN2O3S. The van der Waals surface area contributed by atoms with Gasteiger partial charge in [0.2, 0.25) is 0 Å². The first-order chi connectivity index (χ1) is 12.8. The molecule has 0 atom stereocenters. The molecule has 0 spiro atoms. The molecule has 0 saturated heterocycles. The van der Waals surface area contributed by atoms with Crippen molar-refractivity contribution in [2.75, 3.05) is 10.0 Å². The van der Waals surface area contributed by atoms with Crippen LogP contribution in [0, 0.1) is 6.92 Å². The zero-order valence-corrected chi connectivity index (χ0v) is 16.0. The van der Waals surface area contributed by atoms with Crippen LogP contribution in [0.5, 0.6) is 0 Å². The molecule has 0 fully saturated rings. The maximum atomic E-state index is 12.5. The van der Waals surface area contributed by atoms with Gasteiger partial charge in [0, 0.05) is 11.4 Å². The lowest BCUT2D eigenvalue weighted by Crippen LogP contribution is -2.15. The van der Waals surface area contributed by atoms with Gasteiger partial charge in [0.05, 0.1) is 15.5 Å². The average Bonchev–Trinajstić information content (AvgIpc) is 2.65. The summed E-state index contributed by atoms with van der Waals surface area (Å²) in [7, 11) is -3.76. The molecule has 0 radical (unpaired) electrons. The van der Waals surface area contributed by atoms with Gasteiger partial charge < -0.3 is 5.32 Å². The van der Waals surface area contributed by atoms with E-state index in [2.05, 4.69) is 10.0 Å². The summed E-state index contributed by atoms with van der Waals surface area (Å²) in [6, 6.07) is 19.7. The SMILES string of the molecule is Cc1ccc(NC(=O)c2cc(NS(=O)(=O)c3ccccc3)ccc2Cl)cc1. The lowest BCUT2D eigenvalue weighted by molar-refractivity contribution is 0.102. The number of sulfonamides is 1. The van der Waals surface area contributed by atoms with Crippen LogP contribution in [-0.4, -0.2) is 14.3 Å². The van der Waals surface area contributed by atoms with Gasteiger partial charge in [0.1, 0.15) is 0 Å². The topological polar surface area (TPSA) is 75.3 Å². The summed E-state index contributed by atoms with van der Waals surface area (Å²) in [6.45, 7) is 1.95. The number of carbonyl (C=O) groups is 1. The third-order valence-corrected chi connectivity index (χ3v) is 5.55. The second-order valence-corrected chi connectivity index (χ2v) is 8.02. The number of nitrogens with one attached hydrogen (secondary N) is 2. The summed E-state index contributed by atoms with van der Waals surface area (Å²) < 4.78 is 27.4. The van der Waals surface area contributed by atoms with Gasteiger partial charge in [0.15, 0.2) is 0 Å². The van der Waals surface area contributed by atoms with E-state index in [9.17, 15) is 13.2 Å². The summed E-state index contributed by atoms with van der Waals surface area (Å²) in [5.74, 6) is -0.426. The van der Waals surface area contributed by atoms with Crippen molar-refractivity contribution in [3.63, 3.8) is 0 Å². The number of benzene rings is 3. The molecule has 27 heavy (non-hydrogen) atoms. The zero-order valence-electron chi connectivity index (χ0n) is 14.4. The lowest BCUT2D eigenvalue weighted by atomic mass is 10.1. The molecule has 138 valence electrons. The van der Waals surface area contributed by atoms with Gasteiger partial charge >= 0.3 is 0 Å². The predicted octanol–water partition coefficient (Wildman–Crippen LogP) is 4.70. The molecule has 3 aromatic rings. The second kappa shape index (κ2) is 7.82. The number of amides is 1. The van der Waals surface area contributed by atoms with Crippen molar-refractivity contribution in [3.8, 4) is 0 Å². The third kappa shape index (κ3) is 4.67. The fourth-order valence-electron chi connectivity index (χ4n) is 2.41. The maximum Gasteiger partial charge on any atom is 0.261 e. The number of anilines is 2. The van der Waals surface area contributed by atoms with E-state index in [1.54, 1.807) is 30.3 Å². The Morgan fingerprint density at radius 1 is 0.889 bits per heavy atom. The van der Waals surface area contributed by atoms with E-state index in [1.807, 2.05) is 19.1 Å². The molecule has 3 rings (SSSR count). The number of aryl methyl sites for hydroxylation is 1. The molecule has 5 nitrogen and oxygen atoms in total. The van der Waals surface area contributed by atoms with Gasteiger partial charge in [-0.15, -0.1) is 0 Å². The molecule has 0 saturated carbocycles. The third-order valence-electron chi connectivity index (χ3n) is 3.83. The summed E-state index contributed by atoms with van der Waals surface area (Å²) in [5, 5.41) is 2.97. The smallest absolute Gasteiger partial charge is 0.261 e.